The highest BCUT2D eigenvalue weighted by molar-refractivity contribution is 7.90. The van der Waals surface area contributed by atoms with Crippen LogP contribution < -0.4 is 10.5 Å². The fourth-order valence-corrected chi connectivity index (χ4v) is 4.75. The molecule has 0 saturated heterocycles. The quantitative estimate of drug-likeness (QED) is 0.573. The highest BCUT2D eigenvalue weighted by atomic mass is 32.2. The van der Waals surface area contributed by atoms with Crippen LogP contribution in [0.4, 0.5) is 5.82 Å². The molecule has 0 aliphatic heterocycles. The second-order valence-corrected chi connectivity index (χ2v) is 10.6. The van der Waals surface area contributed by atoms with Gasteiger partial charge in [-0.2, -0.15) is 0 Å². The Kier molecular flexibility index (Phi) is 7.16. The van der Waals surface area contributed by atoms with Crippen molar-refractivity contribution in [3.05, 3.63) is 17.1 Å². The van der Waals surface area contributed by atoms with Crippen LogP contribution in [0.1, 0.15) is 76.4 Å². The Labute approximate surface area is 174 Å². The first kappa shape index (κ1) is 22.0. The number of fused-ring (bicyclic) bond motifs is 3. The van der Waals surface area contributed by atoms with Gasteiger partial charge in [0.25, 0.3) is 0 Å². The largest absolute Gasteiger partial charge is 0.382 e. The molecule has 1 aliphatic carbocycles. The summed E-state index contributed by atoms with van der Waals surface area (Å²) in [6, 6.07) is 0. The van der Waals surface area contributed by atoms with Gasteiger partial charge in [-0.15, -0.1) is 0 Å². The summed E-state index contributed by atoms with van der Waals surface area (Å²) in [6.07, 6.45) is 9.19. The number of nitrogens with two attached hydrogens (primary N) is 1. The smallest absolute Gasteiger partial charge is 0.213 e. The molecule has 1 aliphatic rings. The number of pyridine rings is 1. The standard InChI is InChI=1S/C21H35N5O2S/c1-4-5-12-18-25-19-20(16-10-6-7-11-17(16)24-21(19)22)26(18)14-9-8-13-23-29(27,28)15(2)3/h15,23H,4-14H2,1-3H3,(H2,22,24). The number of rotatable bonds is 10. The van der Waals surface area contributed by atoms with Crippen LogP contribution in [0.15, 0.2) is 0 Å². The van der Waals surface area contributed by atoms with Gasteiger partial charge in [0, 0.05) is 25.2 Å². The van der Waals surface area contributed by atoms with E-state index in [1.54, 1.807) is 13.8 Å². The van der Waals surface area contributed by atoms with E-state index in [2.05, 4.69) is 21.2 Å². The Morgan fingerprint density at radius 1 is 1.14 bits per heavy atom. The third-order valence-corrected chi connectivity index (χ3v) is 7.60. The minimum absolute atomic E-state index is 0.400. The lowest BCUT2D eigenvalue weighted by atomic mass is 9.95. The Balaban J connectivity index is 1.82. The lowest BCUT2D eigenvalue weighted by Crippen LogP contribution is -2.31. The molecule has 0 radical (unpaired) electrons. The van der Waals surface area contributed by atoms with Gasteiger partial charge in [0.05, 0.1) is 10.8 Å². The van der Waals surface area contributed by atoms with E-state index < -0.39 is 15.3 Å². The van der Waals surface area contributed by atoms with E-state index in [4.69, 9.17) is 10.7 Å². The second-order valence-electron chi connectivity index (χ2n) is 8.31. The molecule has 2 aromatic heterocycles. The van der Waals surface area contributed by atoms with Crippen LogP contribution in [-0.2, 0) is 35.8 Å². The highest BCUT2D eigenvalue weighted by Gasteiger charge is 2.22. The number of hydrogen-bond acceptors (Lipinski definition) is 5. The number of nitrogens with zero attached hydrogens (tertiary/aromatic N) is 3. The maximum Gasteiger partial charge on any atom is 0.213 e. The third-order valence-electron chi connectivity index (χ3n) is 5.76. The topological polar surface area (TPSA) is 103 Å². The third kappa shape index (κ3) is 4.91. The molecule has 3 N–H and O–H groups in total. The number of nitrogens with one attached hydrogen (secondary N) is 1. The maximum absolute atomic E-state index is 11.9. The minimum Gasteiger partial charge on any atom is -0.382 e. The van der Waals surface area contributed by atoms with Crippen molar-refractivity contribution in [2.24, 2.45) is 0 Å². The lowest BCUT2D eigenvalue weighted by molar-refractivity contribution is 0.554. The molecule has 3 rings (SSSR count). The number of aromatic nitrogens is 3. The summed E-state index contributed by atoms with van der Waals surface area (Å²) >= 11 is 0. The summed E-state index contributed by atoms with van der Waals surface area (Å²) in [7, 11) is -3.20. The molecular weight excluding hydrogens is 386 g/mol. The first-order chi connectivity index (χ1) is 13.8. The summed E-state index contributed by atoms with van der Waals surface area (Å²) in [5, 5.41) is -0.400. The van der Waals surface area contributed by atoms with Crippen molar-refractivity contribution in [3.8, 4) is 0 Å². The van der Waals surface area contributed by atoms with Crippen molar-refractivity contribution in [1.29, 1.82) is 0 Å². The minimum atomic E-state index is -3.20. The van der Waals surface area contributed by atoms with Gasteiger partial charge in [-0.05, 0) is 64.4 Å². The van der Waals surface area contributed by atoms with E-state index in [0.717, 1.165) is 74.9 Å². The molecule has 0 unspecified atom stereocenters. The molecule has 0 bridgehead atoms. The fourth-order valence-electron chi connectivity index (χ4n) is 3.99. The number of unbranched alkanes of at least 4 members (excludes halogenated alkanes) is 2. The highest BCUT2D eigenvalue weighted by Crippen LogP contribution is 2.32. The molecule has 2 aromatic rings. The van der Waals surface area contributed by atoms with E-state index >= 15 is 0 Å². The van der Waals surface area contributed by atoms with Gasteiger partial charge in [0.15, 0.2) is 5.82 Å². The predicted octanol–water partition coefficient (Wildman–Crippen LogP) is 3.34. The number of imidazole rings is 1. The summed E-state index contributed by atoms with van der Waals surface area (Å²) in [5.41, 5.74) is 10.7. The van der Waals surface area contributed by atoms with Crippen molar-refractivity contribution >= 4 is 26.9 Å². The van der Waals surface area contributed by atoms with E-state index in [1.165, 1.54) is 17.5 Å². The van der Waals surface area contributed by atoms with Crippen LogP contribution in [0.5, 0.6) is 0 Å². The number of nitrogen functional groups attached to an aromatic ring is 1. The molecule has 29 heavy (non-hydrogen) atoms. The zero-order chi connectivity index (χ0) is 21.0. The van der Waals surface area contributed by atoms with Crippen LogP contribution >= 0.6 is 0 Å². The van der Waals surface area contributed by atoms with E-state index in [1.807, 2.05) is 0 Å². The van der Waals surface area contributed by atoms with E-state index in [0.29, 0.717) is 12.4 Å². The fraction of sp³-hybridized carbons (Fsp3) is 0.714. The first-order valence-electron chi connectivity index (χ1n) is 11.0. The molecule has 0 spiro atoms. The van der Waals surface area contributed by atoms with Crippen molar-refractivity contribution in [3.63, 3.8) is 0 Å². The maximum atomic E-state index is 11.9. The average Bonchev–Trinajstić information content (AvgIpc) is 3.05. The van der Waals surface area contributed by atoms with Crippen molar-refractivity contribution < 1.29 is 8.42 Å². The Bertz CT molecular complexity index is 950. The summed E-state index contributed by atoms with van der Waals surface area (Å²) in [4.78, 5) is 9.54. The van der Waals surface area contributed by atoms with Crippen LogP contribution in [0.3, 0.4) is 0 Å². The van der Waals surface area contributed by atoms with Gasteiger partial charge < -0.3 is 10.3 Å². The Hall–Kier alpha value is -1.67. The number of aryl methyl sites for hydroxylation is 4. The average molecular weight is 422 g/mol. The summed E-state index contributed by atoms with van der Waals surface area (Å²) < 4.78 is 28.9. The summed E-state index contributed by atoms with van der Waals surface area (Å²) in [5.74, 6) is 1.62. The van der Waals surface area contributed by atoms with Crippen LogP contribution in [0, 0.1) is 0 Å². The molecule has 7 nitrogen and oxygen atoms in total. The van der Waals surface area contributed by atoms with Crippen LogP contribution in [0.2, 0.25) is 0 Å². The zero-order valence-corrected chi connectivity index (χ0v) is 18.8. The van der Waals surface area contributed by atoms with Crippen molar-refractivity contribution in [1.82, 2.24) is 19.3 Å². The Morgan fingerprint density at radius 2 is 1.90 bits per heavy atom. The van der Waals surface area contributed by atoms with E-state index in [9.17, 15) is 8.42 Å². The number of sulfonamides is 1. The van der Waals surface area contributed by atoms with Crippen LogP contribution in [0.25, 0.3) is 11.0 Å². The molecule has 8 heteroatoms. The van der Waals surface area contributed by atoms with Gasteiger partial charge in [-0.3, -0.25) is 0 Å². The molecule has 2 heterocycles. The molecule has 0 fully saturated rings. The SMILES string of the molecule is CCCCc1nc2c(N)nc3c(c2n1CCCCNS(=O)(=O)C(C)C)CCCC3. The van der Waals surface area contributed by atoms with Gasteiger partial charge in [0.1, 0.15) is 11.3 Å². The van der Waals surface area contributed by atoms with Crippen molar-refractivity contribution in [2.75, 3.05) is 12.3 Å². The summed E-state index contributed by atoms with van der Waals surface area (Å²) in [6.45, 7) is 6.88. The van der Waals surface area contributed by atoms with Crippen LogP contribution in [-0.4, -0.2) is 34.7 Å². The monoisotopic (exact) mass is 421 g/mol. The van der Waals surface area contributed by atoms with E-state index in [-0.39, 0.29) is 0 Å². The molecule has 0 atom stereocenters. The Morgan fingerprint density at radius 3 is 2.62 bits per heavy atom. The number of anilines is 1. The second kappa shape index (κ2) is 9.43. The molecule has 0 amide bonds. The number of hydrogen-bond donors (Lipinski definition) is 2. The van der Waals surface area contributed by atoms with Gasteiger partial charge >= 0.3 is 0 Å². The molecule has 162 valence electrons. The zero-order valence-electron chi connectivity index (χ0n) is 18.0. The predicted molar refractivity (Wildman–Crippen MR) is 118 cm³/mol. The molecule has 0 aromatic carbocycles. The normalized spacial score (nSPS) is 14.6. The molecular formula is C21H35N5O2S. The first-order valence-corrected chi connectivity index (χ1v) is 12.5. The van der Waals surface area contributed by atoms with Crippen molar-refractivity contribution in [2.45, 2.75) is 90.4 Å². The molecule has 0 saturated carbocycles. The van der Waals surface area contributed by atoms with Gasteiger partial charge in [-0.1, -0.05) is 13.3 Å². The van der Waals surface area contributed by atoms with Gasteiger partial charge in [-0.25, -0.2) is 23.1 Å². The lowest BCUT2D eigenvalue weighted by Gasteiger charge is -2.18. The van der Waals surface area contributed by atoms with Gasteiger partial charge in [0.2, 0.25) is 10.0 Å².